The minimum atomic E-state index is 0.708. The first-order chi connectivity index (χ1) is 21.8. The van der Waals surface area contributed by atoms with Gasteiger partial charge in [0.05, 0.1) is 22.0 Å². The molecule has 5 heteroatoms. The van der Waals surface area contributed by atoms with Crippen LogP contribution in [0.1, 0.15) is 0 Å². The van der Waals surface area contributed by atoms with E-state index in [-0.39, 0.29) is 0 Å². The van der Waals surface area contributed by atoms with Crippen molar-refractivity contribution in [3.63, 3.8) is 0 Å². The molecule has 0 saturated heterocycles. The van der Waals surface area contributed by atoms with Crippen LogP contribution in [0, 0.1) is 0 Å². The summed E-state index contributed by atoms with van der Waals surface area (Å²) >= 11 is 1.77. The number of anilines is 3. The van der Waals surface area contributed by atoms with E-state index in [1.165, 1.54) is 4.90 Å². The van der Waals surface area contributed by atoms with Crippen molar-refractivity contribution in [2.24, 2.45) is 0 Å². The number of hydrogen-bond acceptors (Lipinski definition) is 5. The summed E-state index contributed by atoms with van der Waals surface area (Å²) in [5, 5.41) is 0. The molecule has 0 atom stereocenters. The van der Waals surface area contributed by atoms with Crippen molar-refractivity contribution in [1.82, 2.24) is 15.0 Å². The molecule has 5 aromatic carbocycles. The molecule has 0 N–H and O–H groups in total. The molecule has 7 aromatic rings. The highest BCUT2D eigenvalue weighted by Gasteiger charge is 2.25. The Balaban J connectivity index is 1.12. The van der Waals surface area contributed by atoms with Gasteiger partial charge in [0, 0.05) is 33.5 Å². The standard InChI is InChI=1S/C39H26N4S/c1-3-10-29(11-4-1)33-26-34(30-12-5-2-6-13-30)42-38(41-33)31-19-17-27(18-20-31)28-21-23-32(24-22-28)43-35-14-7-8-15-36(35)44-37-16-9-25-40-39(37)43/h1-26H. The summed E-state index contributed by atoms with van der Waals surface area (Å²) in [6.45, 7) is 0. The van der Waals surface area contributed by atoms with E-state index in [0.29, 0.717) is 5.82 Å². The molecule has 0 saturated carbocycles. The zero-order valence-corrected chi connectivity index (χ0v) is 24.5. The van der Waals surface area contributed by atoms with Gasteiger partial charge in [0.1, 0.15) is 0 Å². The van der Waals surface area contributed by atoms with Gasteiger partial charge in [-0.1, -0.05) is 121 Å². The molecule has 0 fully saturated rings. The lowest BCUT2D eigenvalue weighted by Crippen LogP contribution is -2.16. The van der Waals surface area contributed by atoms with Crippen molar-refractivity contribution in [3.8, 4) is 45.0 Å². The third kappa shape index (κ3) is 4.93. The zero-order valence-electron chi connectivity index (χ0n) is 23.7. The lowest BCUT2D eigenvalue weighted by Gasteiger charge is -2.31. The van der Waals surface area contributed by atoms with E-state index in [9.17, 15) is 0 Å². The molecule has 3 heterocycles. The summed E-state index contributed by atoms with van der Waals surface area (Å²) in [5.41, 5.74) is 9.43. The predicted octanol–water partition coefficient (Wildman–Crippen LogP) is 10.5. The molecular weight excluding hydrogens is 557 g/mol. The summed E-state index contributed by atoms with van der Waals surface area (Å²) in [7, 11) is 0. The van der Waals surface area contributed by atoms with Gasteiger partial charge in [-0.3, -0.25) is 4.90 Å². The number of fused-ring (bicyclic) bond motifs is 2. The lowest BCUT2D eigenvalue weighted by atomic mass is 10.0. The van der Waals surface area contributed by atoms with Crippen LogP contribution in [-0.2, 0) is 0 Å². The maximum atomic E-state index is 4.98. The van der Waals surface area contributed by atoms with E-state index in [1.807, 2.05) is 48.7 Å². The maximum absolute atomic E-state index is 4.98. The van der Waals surface area contributed by atoms with Crippen LogP contribution in [0.25, 0.3) is 45.0 Å². The van der Waals surface area contributed by atoms with E-state index in [1.54, 1.807) is 11.8 Å². The first kappa shape index (κ1) is 26.1. The van der Waals surface area contributed by atoms with Gasteiger partial charge in [-0.25, -0.2) is 15.0 Å². The largest absolute Gasteiger partial charge is 0.293 e. The van der Waals surface area contributed by atoms with Gasteiger partial charge in [0.25, 0.3) is 0 Å². The topological polar surface area (TPSA) is 41.9 Å². The molecule has 4 nitrogen and oxygen atoms in total. The third-order valence-corrected chi connectivity index (χ3v) is 8.86. The second kappa shape index (κ2) is 11.3. The molecule has 0 amide bonds. The second-order valence-corrected chi connectivity index (χ2v) is 11.6. The first-order valence-corrected chi connectivity index (χ1v) is 15.3. The predicted molar refractivity (Wildman–Crippen MR) is 180 cm³/mol. The molecule has 0 bridgehead atoms. The normalized spacial score (nSPS) is 12.0. The highest BCUT2D eigenvalue weighted by atomic mass is 32.2. The van der Waals surface area contributed by atoms with Gasteiger partial charge < -0.3 is 0 Å². The summed E-state index contributed by atoms with van der Waals surface area (Å²) < 4.78 is 0. The molecule has 2 aromatic heterocycles. The Morgan fingerprint density at radius 3 is 1.66 bits per heavy atom. The number of nitrogens with zero attached hydrogens (tertiary/aromatic N) is 4. The van der Waals surface area contributed by atoms with Crippen molar-refractivity contribution >= 4 is 29.0 Å². The lowest BCUT2D eigenvalue weighted by molar-refractivity contribution is 1.09. The van der Waals surface area contributed by atoms with Crippen molar-refractivity contribution in [1.29, 1.82) is 0 Å². The van der Waals surface area contributed by atoms with E-state index < -0.39 is 0 Å². The van der Waals surface area contributed by atoms with Gasteiger partial charge in [-0.15, -0.1) is 0 Å². The smallest absolute Gasteiger partial charge is 0.160 e. The molecule has 0 unspecified atom stereocenters. The van der Waals surface area contributed by atoms with Crippen molar-refractivity contribution < 1.29 is 0 Å². The highest BCUT2D eigenvalue weighted by molar-refractivity contribution is 7.99. The van der Waals surface area contributed by atoms with Crippen LogP contribution in [0.2, 0.25) is 0 Å². The van der Waals surface area contributed by atoms with Gasteiger partial charge in [0.2, 0.25) is 0 Å². The monoisotopic (exact) mass is 582 g/mol. The fourth-order valence-corrected chi connectivity index (χ4v) is 6.59. The van der Waals surface area contributed by atoms with Crippen LogP contribution in [0.15, 0.2) is 168 Å². The van der Waals surface area contributed by atoms with Gasteiger partial charge >= 0.3 is 0 Å². The van der Waals surface area contributed by atoms with Crippen LogP contribution >= 0.6 is 11.8 Å². The van der Waals surface area contributed by atoms with Gasteiger partial charge in [0.15, 0.2) is 11.6 Å². The Bertz CT molecular complexity index is 1970. The van der Waals surface area contributed by atoms with E-state index in [0.717, 1.165) is 61.3 Å². The maximum Gasteiger partial charge on any atom is 0.160 e. The van der Waals surface area contributed by atoms with Crippen molar-refractivity contribution in [2.45, 2.75) is 9.79 Å². The highest BCUT2D eigenvalue weighted by Crippen LogP contribution is 2.50. The molecule has 8 rings (SSSR count). The van der Waals surface area contributed by atoms with E-state index in [4.69, 9.17) is 15.0 Å². The molecule has 1 aliphatic heterocycles. The number of para-hydroxylation sites is 1. The van der Waals surface area contributed by atoms with Crippen LogP contribution in [0.5, 0.6) is 0 Å². The van der Waals surface area contributed by atoms with Gasteiger partial charge in [-0.05, 0) is 53.6 Å². The minimum absolute atomic E-state index is 0.708. The Morgan fingerprint density at radius 2 is 1.00 bits per heavy atom. The van der Waals surface area contributed by atoms with Crippen molar-refractivity contribution in [3.05, 3.63) is 158 Å². The van der Waals surface area contributed by atoms with Gasteiger partial charge in [-0.2, -0.15) is 0 Å². The number of rotatable bonds is 5. The van der Waals surface area contributed by atoms with Crippen LogP contribution in [0.3, 0.4) is 0 Å². The number of hydrogen-bond donors (Lipinski definition) is 0. The molecule has 0 aliphatic carbocycles. The second-order valence-electron chi connectivity index (χ2n) is 10.5. The van der Waals surface area contributed by atoms with Crippen LogP contribution < -0.4 is 4.90 Å². The SMILES string of the molecule is c1ccc(-c2cc(-c3ccccc3)nc(-c3ccc(-c4ccc(N5c6ccccc6Sc6cccnc65)cc4)cc3)n2)cc1. The molecular formula is C39H26N4S. The Kier molecular flexibility index (Phi) is 6.70. The van der Waals surface area contributed by atoms with E-state index in [2.05, 4.69) is 114 Å². The quantitative estimate of drug-likeness (QED) is 0.202. The van der Waals surface area contributed by atoms with Crippen LogP contribution in [0.4, 0.5) is 17.2 Å². The third-order valence-electron chi connectivity index (χ3n) is 7.76. The average molecular weight is 583 g/mol. The molecule has 44 heavy (non-hydrogen) atoms. The molecule has 0 radical (unpaired) electrons. The van der Waals surface area contributed by atoms with Crippen molar-refractivity contribution in [2.75, 3.05) is 4.90 Å². The molecule has 1 aliphatic rings. The molecule has 0 spiro atoms. The number of pyridine rings is 1. The summed E-state index contributed by atoms with van der Waals surface area (Å²) in [6, 6.07) is 52.5. The fourth-order valence-electron chi connectivity index (χ4n) is 5.56. The summed E-state index contributed by atoms with van der Waals surface area (Å²) in [5.74, 6) is 1.67. The number of aromatic nitrogens is 3. The van der Waals surface area contributed by atoms with Crippen LogP contribution in [-0.4, -0.2) is 15.0 Å². The summed E-state index contributed by atoms with van der Waals surface area (Å²) in [6.07, 6.45) is 1.86. The number of benzene rings is 5. The molecule has 208 valence electrons. The zero-order chi connectivity index (χ0) is 29.3. The Hall–Kier alpha value is -5.52. The Labute approximate surface area is 260 Å². The minimum Gasteiger partial charge on any atom is -0.293 e. The fraction of sp³-hybridized carbons (Fsp3) is 0. The van der Waals surface area contributed by atoms with E-state index >= 15 is 0 Å². The Morgan fingerprint density at radius 1 is 0.455 bits per heavy atom. The summed E-state index contributed by atoms with van der Waals surface area (Å²) in [4.78, 5) is 19.3. The average Bonchev–Trinajstić information content (AvgIpc) is 3.11. The first-order valence-electron chi connectivity index (χ1n) is 14.5.